The number of rotatable bonds is 6. The normalized spacial score (nSPS) is 14.3. The monoisotopic (exact) mass is 370 g/mol. The third-order valence-electron chi connectivity index (χ3n) is 4.31. The summed E-state index contributed by atoms with van der Waals surface area (Å²) >= 11 is 5.97. The Morgan fingerprint density at radius 1 is 1.38 bits per heavy atom. The zero-order valence-electron chi connectivity index (χ0n) is 14.4. The Kier molecular flexibility index (Phi) is 5.71. The van der Waals surface area contributed by atoms with Gasteiger partial charge in [0.1, 0.15) is 18.4 Å². The molecule has 7 heteroatoms. The zero-order chi connectivity index (χ0) is 18.5. The van der Waals surface area contributed by atoms with Crippen LogP contribution in [-0.4, -0.2) is 35.9 Å². The van der Waals surface area contributed by atoms with Crippen LogP contribution in [-0.2, 0) is 17.9 Å². The average molecular weight is 371 g/mol. The number of pyridine rings is 1. The van der Waals surface area contributed by atoms with Crippen LogP contribution in [0, 0.1) is 17.2 Å². The molecule has 0 saturated carbocycles. The highest BCUT2D eigenvalue weighted by atomic mass is 35.5. The molecule has 1 fully saturated rings. The van der Waals surface area contributed by atoms with Crippen LogP contribution in [0.25, 0.3) is 0 Å². The molecule has 0 radical (unpaired) electrons. The standard InChI is InChI=1S/C19H19ClN4O2/c1-22-19(25)15-10-24(11-15)9-13-2-4-16(5-3-13)26-12-14-6-17(20)18(7-21)23-8-14/h2-6,8,15H,9-12H2,1H3,(H,22,25). The Hall–Kier alpha value is -2.62. The molecule has 1 amide bonds. The van der Waals surface area contributed by atoms with E-state index < -0.39 is 0 Å². The van der Waals surface area contributed by atoms with E-state index in [9.17, 15) is 4.79 Å². The van der Waals surface area contributed by atoms with E-state index in [1.807, 2.05) is 30.3 Å². The van der Waals surface area contributed by atoms with Gasteiger partial charge in [0.2, 0.25) is 5.91 Å². The fraction of sp³-hybridized carbons (Fsp3) is 0.316. The minimum Gasteiger partial charge on any atom is -0.489 e. The van der Waals surface area contributed by atoms with Gasteiger partial charge in [0, 0.05) is 38.4 Å². The molecule has 1 saturated heterocycles. The number of aromatic nitrogens is 1. The Bertz CT molecular complexity index is 826. The Labute approximate surface area is 157 Å². The maximum atomic E-state index is 11.5. The number of carbonyl (C=O) groups is 1. The maximum absolute atomic E-state index is 11.5. The first-order valence-corrected chi connectivity index (χ1v) is 8.67. The number of likely N-dealkylation sites (tertiary alicyclic amines) is 1. The van der Waals surface area contributed by atoms with E-state index in [2.05, 4.69) is 15.2 Å². The number of carbonyl (C=O) groups excluding carboxylic acids is 1. The number of hydrogen-bond donors (Lipinski definition) is 1. The van der Waals surface area contributed by atoms with Crippen molar-refractivity contribution in [2.75, 3.05) is 20.1 Å². The number of nitrogens with one attached hydrogen (secondary N) is 1. The first kappa shape index (κ1) is 18.2. The number of amides is 1. The predicted molar refractivity (Wildman–Crippen MR) is 97.6 cm³/mol. The number of benzene rings is 1. The van der Waals surface area contributed by atoms with E-state index in [4.69, 9.17) is 21.6 Å². The molecular weight excluding hydrogens is 352 g/mol. The van der Waals surface area contributed by atoms with Gasteiger partial charge in [0.25, 0.3) is 0 Å². The number of ether oxygens (including phenoxy) is 1. The minimum atomic E-state index is 0.107. The van der Waals surface area contributed by atoms with Gasteiger partial charge in [0.15, 0.2) is 5.69 Å². The van der Waals surface area contributed by atoms with E-state index in [0.717, 1.165) is 30.9 Å². The molecule has 1 aromatic carbocycles. The average Bonchev–Trinajstić information content (AvgIpc) is 2.63. The molecule has 1 aliphatic rings. The smallest absolute Gasteiger partial charge is 0.225 e. The second-order valence-electron chi connectivity index (χ2n) is 6.22. The molecule has 26 heavy (non-hydrogen) atoms. The lowest BCUT2D eigenvalue weighted by Crippen LogP contribution is -2.52. The van der Waals surface area contributed by atoms with Crippen LogP contribution in [0.2, 0.25) is 5.02 Å². The molecule has 2 heterocycles. The van der Waals surface area contributed by atoms with Crippen molar-refractivity contribution < 1.29 is 9.53 Å². The van der Waals surface area contributed by atoms with Gasteiger partial charge >= 0.3 is 0 Å². The first-order valence-electron chi connectivity index (χ1n) is 8.29. The molecule has 1 aromatic heterocycles. The fourth-order valence-electron chi connectivity index (χ4n) is 2.82. The van der Waals surface area contributed by atoms with Crippen molar-refractivity contribution in [3.05, 3.63) is 58.4 Å². The fourth-order valence-corrected chi connectivity index (χ4v) is 3.05. The summed E-state index contributed by atoms with van der Waals surface area (Å²) < 4.78 is 5.74. The van der Waals surface area contributed by atoms with E-state index >= 15 is 0 Å². The summed E-state index contributed by atoms with van der Waals surface area (Å²) in [5, 5.41) is 11.8. The third-order valence-corrected chi connectivity index (χ3v) is 4.60. The topological polar surface area (TPSA) is 78.2 Å². The van der Waals surface area contributed by atoms with Crippen LogP contribution in [0.4, 0.5) is 0 Å². The predicted octanol–water partition coefficient (Wildman–Crippen LogP) is 2.36. The molecule has 3 rings (SSSR count). The van der Waals surface area contributed by atoms with Crippen molar-refractivity contribution in [3.8, 4) is 11.8 Å². The lowest BCUT2D eigenvalue weighted by Gasteiger charge is -2.38. The number of hydrogen-bond acceptors (Lipinski definition) is 5. The molecular formula is C19H19ClN4O2. The van der Waals surface area contributed by atoms with Gasteiger partial charge in [-0.05, 0) is 23.8 Å². The number of halogens is 1. The molecule has 2 aromatic rings. The van der Waals surface area contributed by atoms with Crippen molar-refractivity contribution in [1.29, 1.82) is 5.26 Å². The molecule has 0 atom stereocenters. The number of nitriles is 1. The van der Waals surface area contributed by atoms with Gasteiger partial charge < -0.3 is 10.1 Å². The van der Waals surface area contributed by atoms with Crippen molar-refractivity contribution in [1.82, 2.24) is 15.2 Å². The second-order valence-corrected chi connectivity index (χ2v) is 6.63. The van der Waals surface area contributed by atoms with Gasteiger partial charge in [0.05, 0.1) is 10.9 Å². The van der Waals surface area contributed by atoms with Gasteiger partial charge in [-0.1, -0.05) is 23.7 Å². The highest BCUT2D eigenvalue weighted by molar-refractivity contribution is 6.31. The minimum absolute atomic E-state index is 0.107. The molecule has 6 nitrogen and oxygen atoms in total. The van der Waals surface area contributed by atoms with Crippen LogP contribution in [0.15, 0.2) is 36.5 Å². The van der Waals surface area contributed by atoms with Crippen LogP contribution in [0.3, 0.4) is 0 Å². The zero-order valence-corrected chi connectivity index (χ0v) is 15.2. The summed E-state index contributed by atoms with van der Waals surface area (Å²) in [6.45, 7) is 2.75. The van der Waals surface area contributed by atoms with E-state index in [1.54, 1.807) is 19.3 Å². The highest BCUT2D eigenvalue weighted by Crippen LogP contribution is 2.21. The second kappa shape index (κ2) is 8.17. The summed E-state index contributed by atoms with van der Waals surface area (Å²) in [7, 11) is 1.67. The van der Waals surface area contributed by atoms with Crippen LogP contribution in [0.1, 0.15) is 16.8 Å². The molecule has 134 valence electrons. The quantitative estimate of drug-likeness (QED) is 0.844. The first-order chi connectivity index (χ1) is 12.6. The van der Waals surface area contributed by atoms with E-state index in [0.29, 0.717) is 11.6 Å². The largest absolute Gasteiger partial charge is 0.489 e. The van der Waals surface area contributed by atoms with Crippen molar-refractivity contribution in [2.45, 2.75) is 13.2 Å². The molecule has 0 bridgehead atoms. The van der Waals surface area contributed by atoms with E-state index in [1.165, 1.54) is 5.56 Å². The van der Waals surface area contributed by atoms with Crippen LogP contribution >= 0.6 is 11.6 Å². The molecule has 1 aliphatic heterocycles. The molecule has 1 N–H and O–H groups in total. The summed E-state index contributed by atoms with van der Waals surface area (Å²) in [6, 6.07) is 11.5. The van der Waals surface area contributed by atoms with Crippen LogP contribution in [0.5, 0.6) is 5.75 Å². The molecule has 0 spiro atoms. The lowest BCUT2D eigenvalue weighted by molar-refractivity contribution is -0.129. The van der Waals surface area contributed by atoms with Gasteiger partial charge in [-0.2, -0.15) is 5.26 Å². The van der Waals surface area contributed by atoms with Crippen LogP contribution < -0.4 is 10.1 Å². The van der Waals surface area contributed by atoms with Gasteiger partial charge in [-0.25, -0.2) is 4.98 Å². The van der Waals surface area contributed by atoms with E-state index in [-0.39, 0.29) is 17.5 Å². The van der Waals surface area contributed by atoms with Gasteiger partial charge in [-0.15, -0.1) is 0 Å². The van der Waals surface area contributed by atoms with Crippen molar-refractivity contribution in [3.63, 3.8) is 0 Å². The summed E-state index contributed by atoms with van der Waals surface area (Å²) in [6.07, 6.45) is 1.59. The third kappa shape index (κ3) is 4.31. The molecule has 0 aliphatic carbocycles. The molecule has 0 unspecified atom stereocenters. The maximum Gasteiger partial charge on any atom is 0.225 e. The summed E-state index contributed by atoms with van der Waals surface area (Å²) in [5.74, 6) is 0.971. The SMILES string of the molecule is CNC(=O)C1CN(Cc2ccc(OCc3cnc(C#N)c(Cl)c3)cc2)C1. The Balaban J connectivity index is 1.48. The number of nitrogens with zero attached hydrogens (tertiary/aromatic N) is 3. The van der Waals surface area contributed by atoms with Crippen molar-refractivity contribution in [2.24, 2.45) is 5.92 Å². The van der Waals surface area contributed by atoms with Gasteiger partial charge in [-0.3, -0.25) is 9.69 Å². The summed E-state index contributed by atoms with van der Waals surface area (Å²) in [4.78, 5) is 17.7. The Morgan fingerprint density at radius 3 is 2.73 bits per heavy atom. The Morgan fingerprint density at radius 2 is 2.12 bits per heavy atom. The summed E-state index contributed by atoms with van der Waals surface area (Å²) in [5.41, 5.74) is 2.19. The lowest BCUT2D eigenvalue weighted by atomic mass is 9.98. The van der Waals surface area contributed by atoms with Crippen molar-refractivity contribution >= 4 is 17.5 Å². The highest BCUT2D eigenvalue weighted by Gasteiger charge is 2.31.